The Hall–Kier alpha value is -2.01. The van der Waals surface area contributed by atoms with Crippen LogP contribution in [0.2, 0.25) is 0 Å². The van der Waals surface area contributed by atoms with Crippen LogP contribution < -0.4 is 10.1 Å². The van der Waals surface area contributed by atoms with Crippen molar-refractivity contribution in [2.24, 2.45) is 0 Å². The Morgan fingerprint density at radius 2 is 2.24 bits per heavy atom. The second-order valence-electron chi connectivity index (χ2n) is 3.72. The number of nitrogens with one attached hydrogen (secondary N) is 1. The topological polar surface area (TPSA) is 59.3 Å². The number of nitrogens with zero attached hydrogens (tertiary/aromatic N) is 2. The SMILES string of the molecule is CNC(C)n1cc(Oc2cccc(O)c2)cn1. The fourth-order valence-electron chi connectivity index (χ4n) is 1.40. The fraction of sp³-hybridized carbons (Fsp3) is 0.250. The molecule has 2 aromatic rings. The van der Waals surface area contributed by atoms with Gasteiger partial charge in [0.05, 0.1) is 18.6 Å². The van der Waals surface area contributed by atoms with Crippen LogP contribution in [-0.4, -0.2) is 21.9 Å². The predicted octanol–water partition coefficient (Wildman–Crippen LogP) is 2.12. The maximum Gasteiger partial charge on any atom is 0.165 e. The van der Waals surface area contributed by atoms with E-state index in [9.17, 15) is 5.11 Å². The number of hydrogen-bond acceptors (Lipinski definition) is 4. The maximum absolute atomic E-state index is 9.31. The van der Waals surface area contributed by atoms with Gasteiger partial charge < -0.3 is 9.84 Å². The van der Waals surface area contributed by atoms with Crippen molar-refractivity contribution >= 4 is 0 Å². The van der Waals surface area contributed by atoms with Crippen LogP contribution in [0.1, 0.15) is 13.1 Å². The van der Waals surface area contributed by atoms with Gasteiger partial charge in [0.2, 0.25) is 0 Å². The van der Waals surface area contributed by atoms with Crippen molar-refractivity contribution < 1.29 is 9.84 Å². The van der Waals surface area contributed by atoms with Gasteiger partial charge in [-0.2, -0.15) is 5.10 Å². The van der Waals surface area contributed by atoms with E-state index in [2.05, 4.69) is 10.4 Å². The molecule has 0 radical (unpaired) electrons. The molecule has 1 heterocycles. The van der Waals surface area contributed by atoms with E-state index in [1.54, 1.807) is 41.3 Å². The molecule has 90 valence electrons. The first-order valence-electron chi connectivity index (χ1n) is 5.37. The van der Waals surface area contributed by atoms with Crippen LogP contribution in [0.3, 0.4) is 0 Å². The molecule has 0 bridgehead atoms. The number of ether oxygens (including phenoxy) is 1. The van der Waals surface area contributed by atoms with Gasteiger partial charge in [-0.05, 0) is 26.1 Å². The quantitative estimate of drug-likeness (QED) is 0.849. The van der Waals surface area contributed by atoms with Gasteiger partial charge in [-0.25, -0.2) is 0 Å². The zero-order chi connectivity index (χ0) is 12.3. The first kappa shape index (κ1) is 11.5. The number of aromatic nitrogens is 2. The predicted molar refractivity (Wildman–Crippen MR) is 64.2 cm³/mol. The number of rotatable bonds is 4. The Morgan fingerprint density at radius 3 is 2.94 bits per heavy atom. The molecule has 5 heteroatoms. The highest BCUT2D eigenvalue weighted by Crippen LogP contribution is 2.24. The van der Waals surface area contributed by atoms with Crippen LogP contribution >= 0.6 is 0 Å². The Labute approximate surface area is 99.6 Å². The Morgan fingerprint density at radius 1 is 1.41 bits per heavy atom. The summed E-state index contributed by atoms with van der Waals surface area (Å²) in [5.74, 6) is 1.40. The van der Waals surface area contributed by atoms with Crippen LogP contribution in [0.5, 0.6) is 17.2 Å². The third-order valence-corrected chi connectivity index (χ3v) is 2.45. The van der Waals surface area contributed by atoms with Crippen molar-refractivity contribution in [1.29, 1.82) is 0 Å². The van der Waals surface area contributed by atoms with E-state index in [4.69, 9.17) is 4.74 Å². The van der Waals surface area contributed by atoms with Gasteiger partial charge in [-0.3, -0.25) is 10.00 Å². The number of phenolic OH excluding ortho intramolecular Hbond substituents is 1. The van der Waals surface area contributed by atoms with E-state index in [1.165, 1.54) is 0 Å². The number of hydrogen-bond donors (Lipinski definition) is 2. The zero-order valence-electron chi connectivity index (χ0n) is 9.79. The van der Waals surface area contributed by atoms with Crippen molar-refractivity contribution in [2.75, 3.05) is 7.05 Å². The lowest BCUT2D eigenvalue weighted by Gasteiger charge is -2.09. The second kappa shape index (κ2) is 4.88. The molecule has 17 heavy (non-hydrogen) atoms. The van der Waals surface area contributed by atoms with Gasteiger partial charge in [-0.15, -0.1) is 0 Å². The van der Waals surface area contributed by atoms with Crippen molar-refractivity contribution in [3.63, 3.8) is 0 Å². The molecule has 1 aromatic carbocycles. The molecule has 1 unspecified atom stereocenters. The van der Waals surface area contributed by atoms with E-state index >= 15 is 0 Å². The summed E-state index contributed by atoms with van der Waals surface area (Å²) in [6.07, 6.45) is 3.54. The van der Waals surface area contributed by atoms with Gasteiger partial charge in [-0.1, -0.05) is 6.07 Å². The monoisotopic (exact) mass is 233 g/mol. The van der Waals surface area contributed by atoms with Gasteiger partial charge in [0.15, 0.2) is 5.75 Å². The lowest BCUT2D eigenvalue weighted by Crippen LogP contribution is -2.19. The third-order valence-electron chi connectivity index (χ3n) is 2.45. The van der Waals surface area contributed by atoms with Gasteiger partial charge >= 0.3 is 0 Å². The van der Waals surface area contributed by atoms with Crippen LogP contribution in [0, 0.1) is 0 Å². The molecule has 2 rings (SSSR count). The van der Waals surface area contributed by atoms with Crippen molar-refractivity contribution in [2.45, 2.75) is 13.1 Å². The van der Waals surface area contributed by atoms with Crippen molar-refractivity contribution in [3.8, 4) is 17.2 Å². The number of phenols is 1. The summed E-state index contributed by atoms with van der Waals surface area (Å²) < 4.78 is 7.33. The zero-order valence-corrected chi connectivity index (χ0v) is 9.79. The highest BCUT2D eigenvalue weighted by molar-refractivity contribution is 5.34. The molecule has 0 fully saturated rings. The van der Waals surface area contributed by atoms with Crippen LogP contribution in [0.25, 0.3) is 0 Å². The van der Waals surface area contributed by atoms with E-state index in [0.717, 1.165) is 0 Å². The smallest absolute Gasteiger partial charge is 0.165 e. The van der Waals surface area contributed by atoms with Crippen LogP contribution in [0.15, 0.2) is 36.7 Å². The average molecular weight is 233 g/mol. The van der Waals surface area contributed by atoms with E-state index < -0.39 is 0 Å². The summed E-state index contributed by atoms with van der Waals surface area (Å²) in [6, 6.07) is 6.65. The van der Waals surface area contributed by atoms with E-state index in [-0.39, 0.29) is 11.9 Å². The molecule has 0 aliphatic carbocycles. The molecule has 5 nitrogen and oxygen atoms in total. The lowest BCUT2D eigenvalue weighted by atomic mass is 10.3. The third kappa shape index (κ3) is 2.76. The first-order chi connectivity index (χ1) is 8.19. The molecule has 0 spiro atoms. The fourth-order valence-corrected chi connectivity index (χ4v) is 1.40. The van der Waals surface area contributed by atoms with E-state index in [0.29, 0.717) is 11.5 Å². The minimum atomic E-state index is 0.108. The van der Waals surface area contributed by atoms with Gasteiger partial charge in [0.25, 0.3) is 0 Å². The van der Waals surface area contributed by atoms with Crippen LogP contribution in [0.4, 0.5) is 0 Å². The van der Waals surface area contributed by atoms with Crippen molar-refractivity contribution in [3.05, 3.63) is 36.7 Å². The standard InChI is InChI=1S/C12H15N3O2/c1-9(13-2)15-8-12(7-14-15)17-11-5-3-4-10(16)6-11/h3-9,13,16H,1-2H3. The minimum Gasteiger partial charge on any atom is -0.508 e. The van der Waals surface area contributed by atoms with Gasteiger partial charge in [0.1, 0.15) is 11.5 Å². The average Bonchev–Trinajstić information content (AvgIpc) is 2.76. The second-order valence-corrected chi connectivity index (χ2v) is 3.72. The Balaban J connectivity index is 2.11. The molecular formula is C12H15N3O2. The normalized spacial score (nSPS) is 12.4. The molecule has 1 aromatic heterocycles. The lowest BCUT2D eigenvalue weighted by molar-refractivity contribution is 0.427. The Kier molecular flexibility index (Phi) is 3.30. The van der Waals surface area contributed by atoms with Crippen LogP contribution in [-0.2, 0) is 0 Å². The highest BCUT2D eigenvalue weighted by atomic mass is 16.5. The summed E-state index contributed by atoms with van der Waals surface area (Å²) in [5.41, 5.74) is 0. The maximum atomic E-state index is 9.31. The first-order valence-corrected chi connectivity index (χ1v) is 5.37. The number of aromatic hydroxyl groups is 1. The largest absolute Gasteiger partial charge is 0.508 e. The Bertz CT molecular complexity index is 496. The molecule has 0 saturated heterocycles. The molecule has 0 amide bonds. The summed E-state index contributed by atoms with van der Waals surface area (Å²) in [5, 5.41) is 16.6. The minimum absolute atomic E-state index is 0.108. The van der Waals surface area contributed by atoms with Gasteiger partial charge in [0, 0.05) is 6.07 Å². The van der Waals surface area contributed by atoms with E-state index in [1.807, 2.05) is 14.0 Å². The summed E-state index contributed by atoms with van der Waals surface area (Å²) in [7, 11) is 1.86. The molecule has 0 aliphatic rings. The number of benzene rings is 1. The molecule has 2 N–H and O–H groups in total. The summed E-state index contributed by atoms with van der Waals surface area (Å²) >= 11 is 0. The molecule has 1 atom stereocenters. The molecule has 0 saturated carbocycles. The summed E-state index contributed by atoms with van der Waals surface area (Å²) in [6.45, 7) is 1.99. The van der Waals surface area contributed by atoms with Crippen molar-refractivity contribution in [1.82, 2.24) is 15.1 Å². The molecule has 0 aliphatic heterocycles. The summed E-state index contributed by atoms with van der Waals surface area (Å²) in [4.78, 5) is 0. The highest BCUT2D eigenvalue weighted by Gasteiger charge is 2.05. The molecular weight excluding hydrogens is 218 g/mol.